The smallest absolute Gasteiger partial charge is 0.332 e. The Balaban J connectivity index is 1.53. The summed E-state index contributed by atoms with van der Waals surface area (Å²) in [6.07, 6.45) is 0.813. The van der Waals surface area contributed by atoms with Crippen LogP contribution in [0.3, 0.4) is 0 Å². The Morgan fingerprint density at radius 1 is 0.729 bits per heavy atom. The maximum Gasteiger partial charge on any atom is 0.332 e. The molecule has 6 rings (SSSR count). The molecule has 240 valence electrons. The van der Waals surface area contributed by atoms with Gasteiger partial charge >= 0.3 is 11.9 Å². The summed E-state index contributed by atoms with van der Waals surface area (Å²) in [5, 5.41) is 15.5. The lowest BCUT2D eigenvalue weighted by Crippen LogP contribution is -2.06. The molecule has 0 aliphatic rings. The van der Waals surface area contributed by atoms with E-state index < -0.39 is 11.9 Å². The summed E-state index contributed by atoms with van der Waals surface area (Å²) in [6, 6.07) is 35.1. The average molecular weight is 636 g/mol. The zero-order valence-electron chi connectivity index (χ0n) is 27.7. The van der Waals surface area contributed by atoms with Gasteiger partial charge in [-0.15, -0.1) is 0 Å². The minimum Gasteiger partial charge on any atom is -0.480 e. The second-order valence-corrected chi connectivity index (χ2v) is 12.2. The van der Waals surface area contributed by atoms with Crippen molar-refractivity contribution in [3.8, 4) is 5.69 Å². The number of carboxylic acids is 1. The molecule has 0 aliphatic heterocycles. The van der Waals surface area contributed by atoms with Crippen LogP contribution in [0.15, 0.2) is 113 Å². The second kappa shape index (κ2) is 13.5. The summed E-state index contributed by atoms with van der Waals surface area (Å²) in [5.41, 5.74) is 13.2. The van der Waals surface area contributed by atoms with Crippen LogP contribution in [0, 0.1) is 20.8 Å². The van der Waals surface area contributed by atoms with Crippen LogP contribution in [0.25, 0.3) is 27.5 Å². The molecule has 48 heavy (non-hydrogen) atoms. The maximum atomic E-state index is 11.8. The van der Waals surface area contributed by atoms with Gasteiger partial charge in [-0.25, -0.2) is 4.79 Å². The zero-order chi connectivity index (χ0) is 33.9. The van der Waals surface area contributed by atoms with E-state index in [1.165, 1.54) is 34.7 Å². The lowest BCUT2D eigenvalue weighted by atomic mass is 9.93. The van der Waals surface area contributed by atoms with Crippen molar-refractivity contribution in [1.29, 1.82) is 0 Å². The van der Waals surface area contributed by atoms with Crippen molar-refractivity contribution < 1.29 is 19.5 Å². The van der Waals surface area contributed by atoms with Gasteiger partial charge in [0.2, 0.25) is 0 Å². The van der Waals surface area contributed by atoms with Crippen LogP contribution < -0.4 is 0 Å². The number of hydrogen-bond donors (Lipinski definition) is 1. The van der Waals surface area contributed by atoms with Crippen molar-refractivity contribution in [2.75, 3.05) is 6.54 Å². The van der Waals surface area contributed by atoms with Gasteiger partial charge in [0.1, 0.15) is 12.3 Å². The van der Waals surface area contributed by atoms with Gasteiger partial charge in [0.15, 0.2) is 0 Å². The highest BCUT2D eigenvalue weighted by molar-refractivity contribution is 6.17. The molecule has 0 radical (unpaired) electrons. The van der Waals surface area contributed by atoms with E-state index >= 15 is 0 Å². The topological polar surface area (TPSA) is 93.2 Å². The van der Waals surface area contributed by atoms with Crippen LogP contribution in [0.2, 0.25) is 0 Å². The molecular formula is C41H37N3O4. The highest BCUT2D eigenvalue weighted by Gasteiger charge is 2.17. The van der Waals surface area contributed by atoms with E-state index in [1.807, 2.05) is 67.6 Å². The van der Waals surface area contributed by atoms with E-state index in [9.17, 15) is 9.59 Å². The van der Waals surface area contributed by atoms with Crippen LogP contribution in [-0.4, -0.2) is 39.6 Å². The molecule has 0 saturated carbocycles. The average Bonchev–Trinajstić information content (AvgIpc) is 3.39. The Kier molecular flexibility index (Phi) is 9.04. The Hall–Kier alpha value is -5.82. The number of hydrogen-bond acceptors (Lipinski definition) is 5. The predicted octanol–water partition coefficient (Wildman–Crippen LogP) is 8.51. The van der Waals surface area contributed by atoms with Gasteiger partial charge in [-0.2, -0.15) is 0 Å². The van der Waals surface area contributed by atoms with Crippen LogP contribution in [0.4, 0.5) is 0 Å². The van der Waals surface area contributed by atoms with Gasteiger partial charge in [0.25, 0.3) is 0 Å². The number of rotatable bonds is 9. The standard InChI is InChI=1S/C41H37N3O4/c1-25-19-26(2)35(27(3)20-25)21-30-11-17-38-36(22-30)37-23-33(41(43-48-29(5)45)32-9-7-6-8-10-32)14-18-39(37)44(38)34-15-12-31(13-16-34)28(4)42-24-40(46)47/h6-20,22-23H,21,24H2,1-5H3,(H,46,47). The number of carboxylic acid groups (broad SMARTS) is 1. The van der Waals surface area contributed by atoms with Crippen LogP contribution in [-0.2, 0) is 20.8 Å². The first-order chi connectivity index (χ1) is 23.1. The first-order valence-electron chi connectivity index (χ1n) is 15.9. The van der Waals surface area contributed by atoms with Gasteiger partial charge in [-0.3, -0.25) is 9.79 Å². The lowest BCUT2D eigenvalue weighted by molar-refractivity contribution is -0.141. The summed E-state index contributed by atoms with van der Waals surface area (Å²) < 4.78 is 2.24. The van der Waals surface area contributed by atoms with Crippen LogP contribution in [0.1, 0.15) is 58.4 Å². The quantitative estimate of drug-likeness (QED) is 0.0979. The second-order valence-electron chi connectivity index (χ2n) is 12.2. The van der Waals surface area contributed by atoms with Crippen molar-refractivity contribution in [3.05, 3.63) is 148 Å². The fourth-order valence-electron chi connectivity index (χ4n) is 6.41. The summed E-state index contributed by atoms with van der Waals surface area (Å²) in [5.74, 6) is -1.45. The molecule has 7 heteroatoms. The molecule has 5 aromatic carbocycles. The molecule has 0 atom stereocenters. The van der Waals surface area contributed by atoms with E-state index in [4.69, 9.17) is 9.94 Å². The van der Waals surface area contributed by atoms with Crippen molar-refractivity contribution >= 4 is 45.2 Å². The Morgan fingerprint density at radius 2 is 1.35 bits per heavy atom. The third kappa shape index (κ3) is 6.67. The molecule has 1 aromatic heterocycles. The van der Waals surface area contributed by atoms with E-state index in [0.29, 0.717) is 11.4 Å². The number of carbonyl (C=O) groups excluding carboxylic acids is 1. The first kappa shape index (κ1) is 32.1. The summed E-state index contributed by atoms with van der Waals surface area (Å²) in [4.78, 5) is 32.2. The molecule has 6 aromatic rings. The van der Waals surface area contributed by atoms with E-state index in [1.54, 1.807) is 0 Å². The summed E-state index contributed by atoms with van der Waals surface area (Å²) in [7, 11) is 0. The Labute approximate surface area is 279 Å². The predicted molar refractivity (Wildman–Crippen MR) is 193 cm³/mol. The molecule has 0 unspecified atom stereocenters. The normalized spacial score (nSPS) is 12.1. The van der Waals surface area contributed by atoms with Crippen LogP contribution >= 0.6 is 0 Å². The van der Waals surface area contributed by atoms with Crippen LogP contribution in [0.5, 0.6) is 0 Å². The fourth-order valence-corrected chi connectivity index (χ4v) is 6.41. The van der Waals surface area contributed by atoms with Gasteiger partial charge in [-0.1, -0.05) is 77.4 Å². The third-order valence-electron chi connectivity index (χ3n) is 8.63. The summed E-state index contributed by atoms with van der Waals surface area (Å²) in [6.45, 7) is 9.38. The number of aliphatic imine (C=N–C) groups is 1. The van der Waals surface area contributed by atoms with E-state index in [2.05, 4.69) is 78.0 Å². The number of oxime groups is 1. The van der Waals surface area contributed by atoms with Gasteiger partial charge < -0.3 is 14.5 Å². The van der Waals surface area contributed by atoms with Crippen molar-refractivity contribution in [3.63, 3.8) is 0 Å². The maximum absolute atomic E-state index is 11.8. The number of nitrogens with zero attached hydrogens (tertiary/aromatic N) is 3. The molecule has 0 amide bonds. The number of carbonyl (C=O) groups is 2. The molecule has 0 fully saturated rings. The van der Waals surface area contributed by atoms with Crippen molar-refractivity contribution in [2.45, 2.75) is 41.0 Å². The molecule has 0 spiro atoms. The number of benzene rings is 5. The first-order valence-corrected chi connectivity index (χ1v) is 15.9. The SMILES string of the molecule is CC(=O)ON=C(c1ccccc1)c1ccc2c(c1)c1cc(Cc3c(C)cc(C)cc3C)ccc1n2-c1ccc(C(C)=NCC(=O)O)cc1. The molecule has 1 N–H and O–H groups in total. The molecule has 7 nitrogen and oxygen atoms in total. The molecule has 1 heterocycles. The largest absolute Gasteiger partial charge is 0.480 e. The Morgan fingerprint density at radius 3 is 2.00 bits per heavy atom. The van der Waals surface area contributed by atoms with E-state index in [0.717, 1.165) is 50.6 Å². The van der Waals surface area contributed by atoms with E-state index in [-0.39, 0.29) is 6.54 Å². The number of fused-ring (bicyclic) bond motifs is 3. The van der Waals surface area contributed by atoms with Crippen molar-refractivity contribution in [1.82, 2.24) is 4.57 Å². The third-order valence-corrected chi connectivity index (χ3v) is 8.63. The van der Waals surface area contributed by atoms with Crippen molar-refractivity contribution in [2.24, 2.45) is 10.1 Å². The highest BCUT2D eigenvalue weighted by Crippen LogP contribution is 2.35. The molecular weight excluding hydrogens is 598 g/mol. The number of aliphatic carboxylic acids is 1. The minimum absolute atomic E-state index is 0.265. The monoisotopic (exact) mass is 635 g/mol. The Bertz CT molecular complexity index is 2220. The zero-order valence-corrected chi connectivity index (χ0v) is 27.7. The van der Waals surface area contributed by atoms with Gasteiger partial charge in [0, 0.05) is 40.2 Å². The minimum atomic E-state index is -0.962. The number of aromatic nitrogens is 1. The molecule has 0 saturated heterocycles. The van der Waals surface area contributed by atoms with Gasteiger partial charge in [0.05, 0.1) is 11.0 Å². The number of aryl methyl sites for hydroxylation is 3. The van der Waals surface area contributed by atoms with Gasteiger partial charge in [-0.05, 0) is 98.3 Å². The fraction of sp³-hybridized carbons (Fsp3) is 0.171. The lowest BCUT2D eigenvalue weighted by Gasteiger charge is -2.12. The molecule has 0 bridgehead atoms. The molecule has 0 aliphatic carbocycles. The highest BCUT2D eigenvalue weighted by atomic mass is 16.7. The summed E-state index contributed by atoms with van der Waals surface area (Å²) >= 11 is 0.